The second-order valence-corrected chi connectivity index (χ2v) is 5.25. The molecule has 4 heteroatoms. The lowest BCUT2D eigenvalue weighted by Crippen LogP contribution is -2.41. The van der Waals surface area contributed by atoms with Crippen molar-refractivity contribution < 1.29 is 4.74 Å². The molecule has 1 unspecified atom stereocenters. The van der Waals surface area contributed by atoms with Crippen LogP contribution in [0.2, 0.25) is 0 Å². The predicted octanol–water partition coefficient (Wildman–Crippen LogP) is 1.97. The standard InChI is InChI=1S/C15H19N3O/c1-18-10-12(9-17-18)15(16)7-3-4-11-5-6-13(19-2)8-14(11)15/h5-6,8-10H,3-4,7,16H2,1-2H3. The summed E-state index contributed by atoms with van der Waals surface area (Å²) < 4.78 is 7.14. The third-order valence-corrected chi connectivity index (χ3v) is 4.03. The minimum atomic E-state index is -0.448. The molecule has 2 N–H and O–H groups in total. The highest BCUT2D eigenvalue weighted by Crippen LogP contribution is 2.39. The van der Waals surface area contributed by atoms with E-state index in [1.165, 1.54) is 11.1 Å². The molecule has 0 fully saturated rings. The van der Waals surface area contributed by atoms with Gasteiger partial charge >= 0.3 is 0 Å². The summed E-state index contributed by atoms with van der Waals surface area (Å²) >= 11 is 0. The van der Waals surface area contributed by atoms with Gasteiger partial charge in [-0.05, 0) is 42.5 Å². The first-order valence-corrected chi connectivity index (χ1v) is 6.59. The molecule has 19 heavy (non-hydrogen) atoms. The van der Waals surface area contributed by atoms with Crippen LogP contribution in [0, 0.1) is 0 Å². The maximum Gasteiger partial charge on any atom is 0.119 e. The van der Waals surface area contributed by atoms with E-state index in [0.717, 1.165) is 30.6 Å². The van der Waals surface area contributed by atoms with Gasteiger partial charge in [0, 0.05) is 18.8 Å². The summed E-state index contributed by atoms with van der Waals surface area (Å²) in [6, 6.07) is 6.21. The Balaban J connectivity index is 2.15. The molecular weight excluding hydrogens is 238 g/mol. The topological polar surface area (TPSA) is 53.1 Å². The van der Waals surface area contributed by atoms with Crippen LogP contribution in [0.1, 0.15) is 29.5 Å². The molecule has 4 nitrogen and oxygen atoms in total. The average molecular weight is 257 g/mol. The van der Waals surface area contributed by atoms with Crippen LogP contribution in [0.15, 0.2) is 30.6 Å². The van der Waals surface area contributed by atoms with Crippen LogP contribution in [-0.4, -0.2) is 16.9 Å². The zero-order valence-electron chi connectivity index (χ0n) is 11.4. The van der Waals surface area contributed by atoms with E-state index in [4.69, 9.17) is 10.5 Å². The number of rotatable bonds is 2. The summed E-state index contributed by atoms with van der Waals surface area (Å²) in [7, 11) is 3.61. The van der Waals surface area contributed by atoms with Gasteiger partial charge in [0.05, 0.1) is 18.8 Å². The predicted molar refractivity (Wildman–Crippen MR) is 74.1 cm³/mol. The van der Waals surface area contributed by atoms with Gasteiger partial charge in [0.15, 0.2) is 0 Å². The van der Waals surface area contributed by atoms with E-state index < -0.39 is 5.54 Å². The molecule has 2 aromatic rings. The quantitative estimate of drug-likeness (QED) is 0.895. The van der Waals surface area contributed by atoms with Gasteiger partial charge < -0.3 is 10.5 Å². The maximum absolute atomic E-state index is 6.72. The van der Waals surface area contributed by atoms with E-state index in [-0.39, 0.29) is 0 Å². The number of aromatic nitrogens is 2. The molecule has 3 rings (SSSR count). The van der Waals surface area contributed by atoms with Gasteiger partial charge in [-0.15, -0.1) is 0 Å². The van der Waals surface area contributed by atoms with Crippen molar-refractivity contribution in [2.75, 3.05) is 7.11 Å². The van der Waals surface area contributed by atoms with Crippen LogP contribution in [0.3, 0.4) is 0 Å². The van der Waals surface area contributed by atoms with E-state index in [9.17, 15) is 0 Å². The van der Waals surface area contributed by atoms with Crippen molar-refractivity contribution in [3.05, 3.63) is 47.3 Å². The number of fused-ring (bicyclic) bond motifs is 1. The molecule has 0 aliphatic heterocycles. The molecule has 0 radical (unpaired) electrons. The fourth-order valence-electron chi connectivity index (χ4n) is 2.96. The van der Waals surface area contributed by atoms with E-state index in [2.05, 4.69) is 17.2 Å². The van der Waals surface area contributed by atoms with Crippen molar-refractivity contribution in [2.45, 2.75) is 24.8 Å². The summed E-state index contributed by atoms with van der Waals surface area (Å²) in [6.07, 6.45) is 7.01. The fraction of sp³-hybridized carbons (Fsp3) is 0.400. The number of nitrogens with zero attached hydrogens (tertiary/aromatic N) is 2. The molecule has 0 saturated heterocycles. The summed E-state index contributed by atoms with van der Waals surface area (Å²) in [4.78, 5) is 0. The maximum atomic E-state index is 6.72. The molecule has 1 aliphatic carbocycles. The third kappa shape index (κ3) is 1.92. The van der Waals surface area contributed by atoms with Crippen LogP contribution in [-0.2, 0) is 19.0 Å². The van der Waals surface area contributed by atoms with Crippen molar-refractivity contribution >= 4 is 0 Å². The van der Waals surface area contributed by atoms with Gasteiger partial charge in [0.2, 0.25) is 0 Å². The van der Waals surface area contributed by atoms with Gasteiger partial charge in [-0.25, -0.2) is 0 Å². The molecular formula is C15H19N3O. The molecule has 1 aromatic carbocycles. The second kappa shape index (κ2) is 4.38. The SMILES string of the molecule is COc1ccc2c(c1)C(N)(c1cnn(C)c1)CCC2. The third-order valence-electron chi connectivity index (χ3n) is 4.03. The van der Waals surface area contributed by atoms with Gasteiger partial charge in [0.1, 0.15) is 5.75 Å². The van der Waals surface area contributed by atoms with E-state index in [0.29, 0.717) is 0 Å². The summed E-state index contributed by atoms with van der Waals surface area (Å²) in [5.41, 5.74) is 9.84. The van der Waals surface area contributed by atoms with Gasteiger partial charge in [-0.1, -0.05) is 6.07 Å². The Labute approximate surface area is 113 Å². The van der Waals surface area contributed by atoms with Crippen LogP contribution < -0.4 is 10.5 Å². The summed E-state index contributed by atoms with van der Waals surface area (Å²) in [5.74, 6) is 0.861. The van der Waals surface area contributed by atoms with Crippen LogP contribution in [0.4, 0.5) is 0 Å². The minimum Gasteiger partial charge on any atom is -0.497 e. The van der Waals surface area contributed by atoms with Crippen molar-refractivity contribution in [1.29, 1.82) is 0 Å². The first-order chi connectivity index (χ1) is 9.13. The van der Waals surface area contributed by atoms with E-state index in [1.54, 1.807) is 11.8 Å². The highest BCUT2D eigenvalue weighted by molar-refractivity contribution is 5.47. The van der Waals surface area contributed by atoms with Gasteiger partial charge in [-0.3, -0.25) is 4.68 Å². The molecule has 100 valence electrons. The number of methoxy groups -OCH3 is 1. The number of hydrogen-bond donors (Lipinski definition) is 1. The van der Waals surface area contributed by atoms with Crippen molar-refractivity contribution in [2.24, 2.45) is 12.8 Å². The lowest BCUT2D eigenvalue weighted by Gasteiger charge is -2.35. The summed E-state index contributed by atoms with van der Waals surface area (Å²) in [5, 5.41) is 4.26. The molecule has 1 atom stereocenters. The van der Waals surface area contributed by atoms with Gasteiger partial charge in [-0.2, -0.15) is 5.10 Å². The van der Waals surface area contributed by atoms with Crippen molar-refractivity contribution in [3.63, 3.8) is 0 Å². The van der Waals surface area contributed by atoms with Crippen molar-refractivity contribution in [3.8, 4) is 5.75 Å². The number of hydrogen-bond acceptors (Lipinski definition) is 3. The smallest absolute Gasteiger partial charge is 0.119 e. The molecule has 0 amide bonds. The minimum absolute atomic E-state index is 0.448. The Bertz CT molecular complexity index is 605. The molecule has 0 saturated carbocycles. The van der Waals surface area contributed by atoms with Crippen LogP contribution >= 0.6 is 0 Å². The zero-order chi connectivity index (χ0) is 13.5. The lowest BCUT2D eigenvalue weighted by atomic mass is 9.74. The highest BCUT2D eigenvalue weighted by atomic mass is 16.5. The van der Waals surface area contributed by atoms with Crippen LogP contribution in [0.5, 0.6) is 5.75 Å². The van der Waals surface area contributed by atoms with Crippen molar-refractivity contribution in [1.82, 2.24) is 9.78 Å². The lowest BCUT2D eigenvalue weighted by molar-refractivity contribution is 0.404. The first kappa shape index (κ1) is 12.2. The molecule has 1 heterocycles. The molecule has 1 aliphatic rings. The molecule has 0 bridgehead atoms. The Hall–Kier alpha value is -1.81. The Morgan fingerprint density at radius 2 is 2.26 bits per heavy atom. The second-order valence-electron chi connectivity index (χ2n) is 5.25. The summed E-state index contributed by atoms with van der Waals surface area (Å²) in [6.45, 7) is 0. The van der Waals surface area contributed by atoms with E-state index >= 15 is 0 Å². The number of nitrogens with two attached hydrogens (primary N) is 1. The van der Waals surface area contributed by atoms with Crippen LogP contribution in [0.25, 0.3) is 0 Å². The zero-order valence-corrected chi connectivity index (χ0v) is 11.4. The van der Waals surface area contributed by atoms with Gasteiger partial charge in [0.25, 0.3) is 0 Å². The Morgan fingerprint density at radius 1 is 1.42 bits per heavy atom. The first-order valence-electron chi connectivity index (χ1n) is 6.59. The molecule has 0 spiro atoms. The Morgan fingerprint density at radius 3 is 2.95 bits per heavy atom. The van der Waals surface area contributed by atoms with E-state index in [1.807, 2.05) is 25.5 Å². The number of benzene rings is 1. The number of ether oxygens (including phenoxy) is 1. The molecule has 1 aromatic heterocycles. The largest absolute Gasteiger partial charge is 0.497 e. The fourth-order valence-corrected chi connectivity index (χ4v) is 2.96. The number of aryl methyl sites for hydroxylation is 2. The highest BCUT2D eigenvalue weighted by Gasteiger charge is 2.35. The average Bonchev–Trinajstić information content (AvgIpc) is 2.86. The monoisotopic (exact) mass is 257 g/mol. The normalized spacial score (nSPS) is 22.1. The Kier molecular flexibility index (Phi) is 2.82.